The van der Waals surface area contributed by atoms with E-state index in [4.69, 9.17) is 4.74 Å². The SMILES string of the molecule is Cc1cccnc1CNc1ccc(OC(C)C)cc1. The third-order valence-corrected chi connectivity index (χ3v) is 2.80. The van der Waals surface area contributed by atoms with Crippen LogP contribution in [0.15, 0.2) is 42.6 Å². The van der Waals surface area contributed by atoms with Crippen molar-refractivity contribution in [2.45, 2.75) is 33.4 Å². The summed E-state index contributed by atoms with van der Waals surface area (Å²) in [4.78, 5) is 4.36. The third-order valence-electron chi connectivity index (χ3n) is 2.80. The molecule has 0 atom stereocenters. The van der Waals surface area contributed by atoms with E-state index in [1.165, 1.54) is 5.56 Å². The predicted octanol–water partition coefficient (Wildman–Crippen LogP) is 3.79. The van der Waals surface area contributed by atoms with E-state index in [-0.39, 0.29) is 6.10 Å². The van der Waals surface area contributed by atoms with E-state index in [1.54, 1.807) is 0 Å². The van der Waals surface area contributed by atoms with Crippen molar-refractivity contribution in [1.29, 1.82) is 0 Å². The van der Waals surface area contributed by atoms with Crippen molar-refractivity contribution in [3.8, 4) is 5.75 Å². The van der Waals surface area contributed by atoms with Gasteiger partial charge in [0.05, 0.1) is 18.3 Å². The van der Waals surface area contributed by atoms with Crippen molar-refractivity contribution in [2.75, 3.05) is 5.32 Å². The topological polar surface area (TPSA) is 34.2 Å². The standard InChI is InChI=1S/C16H20N2O/c1-12(2)19-15-8-6-14(7-9-15)18-11-16-13(3)5-4-10-17-16/h4-10,12,18H,11H2,1-3H3. The molecule has 0 fully saturated rings. The number of anilines is 1. The number of benzene rings is 1. The van der Waals surface area contributed by atoms with Gasteiger partial charge in [-0.2, -0.15) is 0 Å². The molecule has 0 aliphatic heterocycles. The molecule has 0 amide bonds. The maximum Gasteiger partial charge on any atom is 0.119 e. The zero-order chi connectivity index (χ0) is 13.7. The fourth-order valence-electron chi connectivity index (χ4n) is 1.81. The summed E-state index contributed by atoms with van der Waals surface area (Å²) in [6.45, 7) is 6.85. The molecule has 2 aromatic rings. The van der Waals surface area contributed by atoms with Gasteiger partial charge in [-0.3, -0.25) is 4.98 Å². The molecule has 3 nitrogen and oxygen atoms in total. The average Bonchev–Trinajstić information content (AvgIpc) is 2.39. The van der Waals surface area contributed by atoms with Crippen LogP contribution in [-0.4, -0.2) is 11.1 Å². The lowest BCUT2D eigenvalue weighted by atomic mass is 10.2. The van der Waals surface area contributed by atoms with Crippen LogP contribution in [0.5, 0.6) is 5.75 Å². The minimum atomic E-state index is 0.204. The predicted molar refractivity (Wildman–Crippen MR) is 78.5 cm³/mol. The molecule has 1 N–H and O–H groups in total. The van der Waals surface area contributed by atoms with E-state index >= 15 is 0 Å². The Hall–Kier alpha value is -2.03. The number of aryl methyl sites for hydroxylation is 1. The molecule has 0 spiro atoms. The maximum atomic E-state index is 5.61. The number of nitrogens with zero attached hydrogens (tertiary/aromatic N) is 1. The molecule has 1 aromatic carbocycles. The molecule has 0 radical (unpaired) electrons. The van der Waals surface area contributed by atoms with Gasteiger partial charge in [0.25, 0.3) is 0 Å². The quantitative estimate of drug-likeness (QED) is 0.883. The number of nitrogens with one attached hydrogen (secondary N) is 1. The summed E-state index contributed by atoms with van der Waals surface area (Å²) in [5, 5.41) is 3.36. The molecule has 0 unspecified atom stereocenters. The van der Waals surface area contributed by atoms with Crippen LogP contribution in [0.25, 0.3) is 0 Å². The normalized spacial score (nSPS) is 10.5. The van der Waals surface area contributed by atoms with E-state index in [0.29, 0.717) is 0 Å². The van der Waals surface area contributed by atoms with Gasteiger partial charge in [0.2, 0.25) is 0 Å². The summed E-state index contributed by atoms with van der Waals surface area (Å²) in [6.07, 6.45) is 2.03. The van der Waals surface area contributed by atoms with Crippen LogP contribution < -0.4 is 10.1 Å². The van der Waals surface area contributed by atoms with Crippen LogP contribution in [0.2, 0.25) is 0 Å². The number of pyridine rings is 1. The highest BCUT2D eigenvalue weighted by atomic mass is 16.5. The van der Waals surface area contributed by atoms with Gasteiger partial charge < -0.3 is 10.1 Å². The Morgan fingerprint density at radius 3 is 2.53 bits per heavy atom. The monoisotopic (exact) mass is 256 g/mol. The average molecular weight is 256 g/mol. The molecule has 1 heterocycles. The first-order valence-electron chi connectivity index (χ1n) is 6.56. The lowest BCUT2D eigenvalue weighted by Crippen LogP contribution is -2.06. The minimum absolute atomic E-state index is 0.204. The lowest BCUT2D eigenvalue weighted by Gasteiger charge is -2.11. The van der Waals surface area contributed by atoms with Crippen LogP contribution in [0.1, 0.15) is 25.1 Å². The summed E-state index contributed by atoms with van der Waals surface area (Å²) >= 11 is 0. The summed E-state index contributed by atoms with van der Waals surface area (Å²) < 4.78 is 5.61. The fourth-order valence-corrected chi connectivity index (χ4v) is 1.81. The number of hydrogen-bond acceptors (Lipinski definition) is 3. The fraction of sp³-hybridized carbons (Fsp3) is 0.312. The van der Waals surface area contributed by atoms with Gasteiger partial charge in [-0.05, 0) is 56.7 Å². The Balaban J connectivity index is 1.95. The molecule has 2 rings (SSSR count). The molecule has 0 aliphatic rings. The Bertz CT molecular complexity index is 521. The zero-order valence-electron chi connectivity index (χ0n) is 11.7. The van der Waals surface area contributed by atoms with E-state index < -0.39 is 0 Å². The van der Waals surface area contributed by atoms with Crippen molar-refractivity contribution in [3.05, 3.63) is 53.9 Å². The van der Waals surface area contributed by atoms with Crippen molar-refractivity contribution in [1.82, 2.24) is 4.98 Å². The van der Waals surface area contributed by atoms with Gasteiger partial charge in [-0.1, -0.05) is 6.07 Å². The molecule has 1 aromatic heterocycles. The number of hydrogen-bond donors (Lipinski definition) is 1. The van der Waals surface area contributed by atoms with Crippen molar-refractivity contribution in [2.24, 2.45) is 0 Å². The Kier molecular flexibility index (Phi) is 4.39. The van der Waals surface area contributed by atoms with Gasteiger partial charge >= 0.3 is 0 Å². The summed E-state index contributed by atoms with van der Waals surface area (Å²) in [5.74, 6) is 0.898. The van der Waals surface area contributed by atoms with Crippen LogP contribution in [0.3, 0.4) is 0 Å². The molecule has 19 heavy (non-hydrogen) atoms. The molecular formula is C16H20N2O. The molecule has 100 valence electrons. The molecule has 0 bridgehead atoms. The lowest BCUT2D eigenvalue weighted by molar-refractivity contribution is 0.242. The highest BCUT2D eigenvalue weighted by Crippen LogP contribution is 2.17. The largest absolute Gasteiger partial charge is 0.491 e. The molecule has 3 heteroatoms. The Morgan fingerprint density at radius 2 is 1.89 bits per heavy atom. The number of aromatic nitrogens is 1. The number of ether oxygens (including phenoxy) is 1. The Labute approximate surface area is 114 Å². The van der Waals surface area contributed by atoms with E-state index in [2.05, 4.69) is 23.3 Å². The molecule has 0 aliphatic carbocycles. The van der Waals surface area contributed by atoms with Gasteiger partial charge in [0.15, 0.2) is 0 Å². The smallest absolute Gasteiger partial charge is 0.119 e. The van der Waals surface area contributed by atoms with E-state index in [0.717, 1.165) is 23.7 Å². The van der Waals surface area contributed by atoms with Gasteiger partial charge in [-0.15, -0.1) is 0 Å². The van der Waals surface area contributed by atoms with Crippen LogP contribution in [-0.2, 0) is 6.54 Å². The number of rotatable bonds is 5. The van der Waals surface area contributed by atoms with Gasteiger partial charge in [-0.25, -0.2) is 0 Å². The summed E-state index contributed by atoms with van der Waals surface area (Å²) in [5.41, 5.74) is 3.35. The highest BCUT2D eigenvalue weighted by molar-refractivity contribution is 5.46. The summed E-state index contributed by atoms with van der Waals surface area (Å²) in [7, 11) is 0. The minimum Gasteiger partial charge on any atom is -0.491 e. The van der Waals surface area contributed by atoms with E-state index in [9.17, 15) is 0 Å². The zero-order valence-corrected chi connectivity index (χ0v) is 11.7. The second-order valence-electron chi connectivity index (χ2n) is 4.81. The first-order chi connectivity index (χ1) is 9.15. The van der Waals surface area contributed by atoms with Crippen molar-refractivity contribution >= 4 is 5.69 Å². The highest BCUT2D eigenvalue weighted by Gasteiger charge is 2.00. The molecule has 0 saturated carbocycles. The molecular weight excluding hydrogens is 236 g/mol. The molecule has 0 saturated heterocycles. The third kappa shape index (κ3) is 3.98. The second-order valence-corrected chi connectivity index (χ2v) is 4.81. The van der Waals surface area contributed by atoms with Crippen LogP contribution in [0.4, 0.5) is 5.69 Å². The van der Waals surface area contributed by atoms with Crippen LogP contribution >= 0.6 is 0 Å². The summed E-state index contributed by atoms with van der Waals surface area (Å²) in [6, 6.07) is 12.0. The Morgan fingerprint density at radius 1 is 1.16 bits per heavy atom. The first kappa shape index (κ1) is 13.4. The van der Waals surface area contributed by atoms with Gasteiger partial charge in [0, 0.05) is 11.9 Å². The first-order valence-corrected chi connectivity index (χ1v) is 6.56. The van der Waals surface area contributed by atoms with Crippen molar-refractivity contribution < 1.29 is 4.74 Å². The second kappa shape index (κ2) is 6.23. The van der Waals surface area contributed by atoms with Crippen LogP contribution in [0, 0.1) is 6.92 Å². The maximum absolute atomic E-state index is 5.61. The van der Waals surface area contributed by atoms with Gasteiger partial charge in [0.1, 0.15) is 5.75 Å². The van der Waals surface area contributed by atoms with E-state index in [1.807, 2.05) is 50.4 Å². The van der Waals surface area contributed by atoms with Crippen molar-refractivity contribution in [3.63, 3.8) is 0 Å².